The molecule has 0 spiro atoms. The van der Waals surface area contributed by atoms with Gasteiger partial charge in [0.1, 0.15) is 5.82 Å². The van der Waals surface area contributed by atoms with E-state index in [9.17, 15) is 4.79 Å². The number of nitrogens with zero attached hydrogens (tertiary/aromatic N) is 4. The zero-order chi connectivity index (χ0) is 13.9. The van der Waals surface area contributed by atoms with Gasteiger partial charge in [0.25, 0.3) is 0 Å². The molecule has 20 heavy (non-hydrogen) atoms. The molecule has 0 unspecified atom stereocenters. The number of anilines is 2. The van der Waals surface area contributed by atoms with Gasteiger partial charge in [0.2, 0.25) is 5.95 Å². The Bertz CT molecular complexity index is 754. The molecule has 7 nitrogen and oxygen atoms in total. The maximum atomic E-state index is 11.7. The first kappa shape index (κ1) is 12.1. The van der Waals surface area contributed by atoms with E-state index in [0.717, 1.165) is 0 Å². The van der Waals surface area contributed by atoms with E-state index in [4.69, 9.17) is 4.74 Å². The maximum absolute atomic E-state index is 11.7. The van der Waals surface area contributed by atoms with Crippen molar-refractivity contribution < 1.29 is 9.53 Å². The van der Waals surface area contributed by atoms with Gasteiger partial charge in [0.05, 0.1) is 7.11 Å². The van der Waals surface area contributed by atoms with Crippen LogP contribution in [-0.2, 0) is 4.74 Å². The van der Waals surface area contributed by atoms with E-state index in [1.807, 2.05) is 12.1 Å². The predicted octanol–water partition coefficient (Wildman–Crippen LogP) is 1.65. The normalized spacial score (nSPS) is 10.4. The zero-order valence-electron chi connectivity index (χ0n) is 10.6. The lowest BCUT2D eigenvalue weighted by Crippen LogP contribution is -2.08. The van der Waals surface area contributed by atoms with Crippen molar-refractivity contribution in [2.75, 3.05) is 12.4 Å². The second-order valence-electron chi connectivity index (χ2n) is 3.95. The molecule has 100 valence electrons. The quantitative estimate of drug-likeness (QED) is 0.728. The van der Waals surface area contributed by atoms with Crippen molar-refractivity contribution in [1.82, 2.24) is 19.6 Å². The molecule has 1 N–H and O–H groups in total. The molecule has 7 heteroatoms. The Labute approximate surface area is 114 Å². The largest absolute Gasteiger partial charge is 0.464 e. The molecule has 0 radical (unpaired) electrons. The first-order valence-electron chi connectivity index (χ1n) is 5.90. The van der Waals surface area contributed by atoms with Crippen LogP contribution in [0.5, 0.6) is 0 Å². The van der Waals surface area contributed by atoms with Gasteiger partial charge in [0.15, 0.2) is 11.3 Å². The summed E-state index contributed by atoms with van der Waals surface area (Å²) in [5.74, 6) is 0.521. The lowest BCUT2D eigenvalue weighted by molar-refractivity contribution is 0.0591. The molecule has 3 aromatic rings. The van der Waals surface area contributed by atoms with E-state index in [2.05, 4.69) is 20.4 Å². The van der Waals surface area contributed by atoms with E-state index >= 15 is 0 Å². The highest BCUT2D eigenvalue weighted by Gasteiger charge is 2.13. The number of fused-ring (bicyclic) bond motifs is 1. The molecule has 0 bridgehead atoms. The highest BCUT2D eigenvalue weighted by molar-refractivity contribution is 5.88. The lowest BCUT2D eigenvalue weighted by Gasteiger charge is -2.00. The second-order valence-corrected chi connectivity index (χ2v) is 3.95. The molecular formula is C13H11N5O2. The van der Waals surface area contributed by atoms with Crippen molar-refractivity contribution in [3.63, 3.8) is 0 Å². The van der Waals surface area contributed by atoms with Crippen LogP contribution in [-0.4, -0.2) is 32.7 Å². The summed E-state index contributed by atoms with van der Waals surface area (Å²) in [6.45, 7) is 0. The Morgan fingerprint density at radius 2 is 2.15 bits per heavy atom. The van der Waals surface area contributed by atoms with Gasteiger partial charge in [-0.1, -0.05) is 12.1 Å². The predicted molar refractivity (Wildman–Crippen MR) is 71.8 cm³/mol. The molecule has 3 rings (SSSR count). The average Bonchev–Trinajstić information content (AvgIpc) is 2.89. The fraction of sp³-hybridized carbons (Fsp3) is 0.0769. The molecule has 0 aliphatic heterocycles. The van der Waals surface area contributed by atoms with Crippen LogP contribution in [0.15, 0.2) is 42.6 Å². The SMILES string of the molecule is COC(=O)c1cccc2nc(Nc3ccccn3)nn12. The standard InChI is InChI=1S/C13H11N5O2/c1-20-12(19)9-5-4-7-11-16-13(17-18(9)11)15-10-6-2-3-8-14-10/h2-8H,1H3,(H,14,15,17). The fourth-order valence-electron chi connectivity index (χ4n) is 1.77. The topological polar surface area (TPSA) is 81.4 Å². The molecule has 0 aliphatic rings. The van der Waals surface area contributed by atoms with Gasteiger partial charge in [0, 0.05) is 6.20 Å². The van der Waals surface area contributed by atoms with E-state index in [1.165, 1.54) is 11.6 Å². The summed E-state index contributed by atoms with van der Waals surface area (Å²) < 4.78 is 6.14. The molecular weight excluding hydrogens is 258 g/mol. The molecule has 0 atom stereocenters. The third-order valence-electron chi connectivity index (χ3n) is 2.66. The molecule has 0 aromatic carbocycles. The highest BCUT2D eigenvalue weighted by Crippen LogP contribution is 2.13. The van der Waals surface area contributed by atoms with Crippen molar-refractivity contribution in [1.29, 1.82) is 0 Å². The number of methoxy groups -OCH3 is 1. The number of nitrogens with one attached hydrogen (secondary N) is 1. The Morgan fingerprint density at radius 1 is 1.25 bits per heavy atom. The molecule has 0 amide bonds. The Morgan fingerprint density at radius 3 is 2.90 bits per heavy atom. The number of esters is 1. The van der Waals surface area contributed by atoms with Crippen LogP contribution in [0.2, 0.25) is 0 Å². The van der Waals surface area contributed by atoms with Crippen LogP contribution in [0.3, 0.4) is 0 Å². The van der Waals surface area contributed by atoms with Crippen molar-refractivity contribution in [2.24, 2.45) is 0 Å². The van der Waals surface area contributed by atoms with Crippen molar-refractivity contribution in [3.05, 3.63) is 48.3 Å². The summed E-state index contributed by atoms with van der Waals surface area (Å²) in [4.78, 5) is 20.1. The van der Waals surface area contributed by atoms with Crippen LogP contribution in [0.4, 0.5) is 11.8 Å². The van der Waals surface area contributed by atoms with Crippen LogP contribution < -0.4 is 5.32 Å². The Kier molecular flexibility index (Phi) is 3.00. The summed E-state index contributed by atoms with van der Waals surface area (Å²) in [7, 11) is 1.32. The van der Waals surface area contributed by atoms with E-state index < -0.39 is 5.97 Å². The molecule has 3 heterocycles. The molecule has 3 aromatic heterocycles. The number of aromatic nitrogens is 4. The number of ether oxygens (including phenoxy) is 1. The Balaban J connectivity index is 2.00. The number of hydrogen-bond acceptors (Lipinski definition) is 6. The minimum absolute atomic E-state index is 0.312. The average molecular weight is 269 g/mol. The van der Waals surface area contributed by atoms with Crippen molar-refractivity contribution >= 4 is 23.4 Å². The number of pyridine rings is 2. The minimum Gasteiger partial charge on any atom is -0.464 e. The van der Waals surface area contributed by atoms with Gasteiger partial charge >= 0.3 is 5.97 Å². The first-order chi connectivity index (χ1) is 9.78. The van der Waals surface area contributed by atoms with Crippen LogP contribution >= 0.6 is 0 Å². The van der Waals surface area contributed by atoms with Gasteiger partial charge in [-0.2, -0.15) is 4.98 Å². The highest BCUT2D eigenvalue weighted by atomic mass is 16.5. The number of hydrogen-bond donors (Lipinski definition) is 1. The van der Waals surface area contributed by atoms with Gasteiger partial charge in [-0.15, -0.1) is 5.10 Å². The maximum Gasteiger partial charge on any atom is 0.356 e. The van der Waals surface area contributed by atoms with E-state index in [1.54, 1.807) is 30.5 Å². The summed E-state index contributed by atoms with van der Waals surface area (Å²) >= 11 is 0. The molecule has 0 aliphatic carbocycles. The summed E-state index contributed by atoms with van der Waals surface area (Å²) in [6.07, 6.45) is 1.66. The van der Waals surface area contributed by atoms with Gasteiger partial charge in [-0.05, 0) is 24.3 Å². The van der Waals surface area contributed by atoms with E-state index in [-0.39, 0.29) is 0 Å². The number of rotatable bonds is 3. The second kappa shape index (κ2) is 4.96. The fourth-order valence-corrected chi connectivity index (χ4v) is 1.77. The number of carbonyl (C=O) groups excluding carboxylic acids is 1. The lowest BCUT2D eigenvalue weighted by atomic mass is 10.3. The summed E-state index contributed by atoms with van der Waals surface area (Å²) in [6, 6.07) is 10.6. The van der Waals surface area contributed by atoms with Gasteiger partial charge < -0.3 is 10.1 Å². The molecule has 0 fully saturated rings. The van der Waals surface area contributed by atoms with Gasteiger partial charge in [-0.3, -0.25) is 0 Å². The Hall–Kier alpha value is -2.96. The minimum atomic E-state index is -0.468. The first-order valence-corrected chi connectivity index (χ1v) is 5.90. The van der Waals surface area contributed by atoms with Crippen LogP contribution in [0, 0.1) is 0 Å². The summed E-state index contributed by atoms with van der Waals surface area (Å²) in [5, 5.41) is 7.20. The van der Waals surface area contributed by atoms with Gasteiger partial charge in [-0.25, -0.2) is 14.3 Å². The third kappa shape index (κ3) is 2.16. The monoisotopic (exact) mass is 269 g/mol. The molecule has 0 saturated heterocycles. The van der Waals surface area contributed by atoms with Crippen LogP contribution in [0.1, 0.15) is 10.5 Å². The molecule has 0 saturated carbocycles. The van der Waals surface area contributed by atoms with E-state index in [0.29, 0.717) is 23.1 Å². The smallest absolute Gasteiger partial charge is 0.356 e. The van der Waals surface area contributed by atoms with Crippen LogP contribution in [0.25, 0.3) is 5.65 Å². The van der Waals surface area contributed by atoms with Crippen molar-refractivity contribution in [2.45, 2.75) is 0 Å². The summed E-state index contributed by atoms with van der Waals surface area (Å²) in [5.41, 5.74) is 0.859. The number of carbonyl (C=O) groups is 1. The third-order valence-corrected chi connectivity index (χ3v) is 2.66. The zero-order valence-corrected chi connectivity index (χ0v) is 10.6. The van der Waals surface area contributed by atoms with Crippen molar-refractivity contribution in [3.8, 4) is 0 Å².